The molecule has 1 saturated heterocycles. The summed E-state index contributed by atoms with van der Waals surface area (Å²) in [5.74, 6) is -0.285. The Hall–Kier alpha value is -2.64. The van der Waals surface area contributed by atoms with E-state index in [1.54, 1.807) is 12.1 Å². The van der Waals surface area contributed by atoms with Crippen LogP contribution in [0.3, 0.4) is 0 Å². The van der Waals surface area contributed by atoms with Gasteiger partial charge >= 0.3 is 6.03 Å². The van der Waals surface area contributed by atoms with Crippen LogP contribution in [-0.4, -0.2) is 57.9 Å². The molecule has 0 radical (unpaired) electrons. The lowest BCUT2D eigenvalue weighted by Gasteiger charge is -2.35. The van der Waals surface area contributed by atoms with Crippen molar-refractivity contribution >= 4 is 11.7 Å². The van der Waals surface area contributed by atoms with Crippen LogP contribution in [0.5, 0.6) is 0 Å². The maximum Gasteiger partial charge on any atom is 0.315 e. The second-order valence-corrected chi connectivity index (χ2v) is 7.34. The molecule has 0 spiro atoms. The highest BCUT2D eigenvalue weighted by Crippen LogP contribution is 2.23. The summed E-state index contributed by atoms with van der Waals surface area (Å²) in [5.41, 5.74) is 3.15. The molecule has 0 bridgehead atoms. The van der Waals surface area contributed by atoms with E-state index < -0.39 is 0 Å². The normalized spacial score (nSPS) is 15.6. The molecule has 1 unspecified atom stereocenters. The zero-order valence-electron chi connectivity index (χ0n) is 17.0. The number of anilines is 1. The van der Waals surface area contributed by atoms with Crippen LogP contribution in [0.25, 0.3) is 0 Å². The van der Waals surface area contributed by atoms with E-state index in [0.717, 1.165) is 29.9 Å². The van der Waals surface area contributed by atoms with E-state index in [1.165, 1.54) is 12.1 Å². The van der Waals surface area contributed by atoms with Crippen LogP contribution in [0.4, 0.5) is 14.9 Å². The number of ether oxygens (including phenoxy) is 1. The number of morpholine rings is 1. The molecule has 0 aliphatic carbocycles. The highest BCUT2D eigenvalue weighted by molar-refractivity contribution is 5.73. The van der Waals surface area contributed by atoms with Gasteiger partial charge in [-0.25, -0.2) is 9.18 Å². The van der Waals surface area contributed by atoms with Crippen LogP contribution < -0.4 is 15.5 Å². The molecule has 6 nitrogen and oxygen atoms in total. The van der Waals surface area contributed by atoms with Crippen molar-refractivity contribution in [2.45, 2.75) is 12.6 Å². The first-order valence-corrected chi connectivity index (χ1v) is 9.88. The monoisotopic (exact) mass is 400 g/mol. The Morgan fingerprint density at radius 1 is 1.07 bits per heavy atom. The minimum atomic E-state index is -0.285. The SMILES string of the molecule is CN(C)c1ccc(C(CNC(=O)NCc2ccc(F)cc2)N2CCOCC2)cc1. The smallest absolute Gasteiger partial charge is 0.315 e. The van der Waals surface area contributed by atoms with E-state index in [1.807, 2.05) is 14.1 Å². The van der Waals surface area contributed by atoms with E-state index in [4.69, 9.17) is 4.74 Å². The Morgan fingerprint density at radius 2 is 1.72 bits per heavy atom. The molecule has 0 saturated carbocycles. The highest BCUT2D eigenvalue weighted by atomic mass is 19.1. The molecule has 1 heterocycles. The lowest BCUT2D eigenvalue weighted by molar-refractivity contribution is 0.0167. The van der Waals surface area contributed by atoms with E-state index in [-0.39, 0.29) is 17.9 Å². The summed E-state index contributed by atoms with van der Waals surface area (Å²) in [4.78, 5) is 16.7. The first kappa shape index (κ1) is 21.1. The number of carbonyl (C=O) groups is 1. The fourth-order valence-corrected chi connectivity index (χ4v) is 3.38. The number of hydrogen-bond donors (Lipinski definition) is 2. The predicted molar refractivity (Wildman–Crippen MR) is 113 cm³/mol. The molecule has 1 aliphatic rings. The second-order valence-electron chi connectivity index (χ2n) is 7.34. The molecule has 1 fully saturated rings. The van der Waals surface area contributed by atoms with Crippen molar-refractivity contribution < 1.29 is 13.9 Å². The molecule has 2 N–H and O–H groups in total. The first-order chi connectivity index (χ1) is 14.0. The van der Waals surface area contributed by atoms with Crippen molar-refractivity contribution in [1.82, 2.24) is 15.5 Å². The van der Waals surface area contributed by atoms with Crippen LogP contribution in [-0.2, 0) is 11.3 Å². The Balaban J connectivity index is 1.60. The van der Waals surface area contributed by atoms with Crippen molar-refractivity contribution in [3.05, 3.63) is 65.5 Å². The van der Waals surface area contributed by atoms with Gasteiger partial charge in [-0.2, -0.15) is 0 Å². The van der Waals surface area contributed by atoms with Crippen molar-refractivity contribution in [3.8, 4) is 0 Å². The van der Waals surface area contributed by atoms with Gasteiger partial charge in [0.25, 0.3) is 0 Å². The summed E-state index contributed by atoms with van der Waals surface area (Å²) >= 11 is 0. The van der Waals surface area contributed by atoms with Crippen molar-refractivity contribution in [2.75, 3.05) is 51.8 Å². The third-order valence-electron chi connectivity index (χ3n) is 5.10. The lowest BCUT2D eigenvalue weighted by atomic mass is 10.0. The largest absolute Gasteiger partial charge is 0.379 e. The maximum atomic E-state index is 13.0. The number of benzene rings is 2. The molecular weight excluding hydrogens is 371 g/mol. The van der Waals surface area contributed by atoms with E-state index >= 15 is 0 Å². The fourth-order valence-electron chi connectivity index (χ4n) is 3.38. The average Bonchev–Trinajstić information content (AvgIpc) is 2.74. The van der Waals surface area contributed by atoms with Crippen LogP contribution >= 0.6 is 0 Å². The Labute approximate surface area is 171 Å². The maximum absolute atomic E-state index is 13.0. The molecule has 29 heavy (non-hydrogen) atoms. The molecule has 1 aliphatic heterocycles. The van der Waals surface area contributed by atoms with Gasteiger partial charge in [0.1, 0.15) is 5.82 Å². The standard InChI is InChI=1S/C22H29FN4O2/c1-26(2)20-9-5-18(6-10-20)21(27-11-13-29-14-12-27)16-25-22(28)24-15-17-3-7-19(23)8-4-17/h3-10,21H,11-16H2,1-2H3,(H2,24,25,28). The molecule has 3 rings (SSSR count). The van der Waals surface area contributed by atoms with E-state index in [2.05, 4.69) is 44.7 Å². The molecular formula is C22H29FN4O2. The first-order valence-electron chi connectivity index (χ1n) is 9.88. The van der Waals surface area contributed by atoms with Crippen LogP contribution in [0.1, 0.15) is 17.2 Å². The average molecular weight is 400 g/mol. The lowest BCUT2D eigenvalue weighted by Crippen LogP contribution is -2.45. The highest BCUT2D eigenvalue weighted by Gasteiger charge is 2.23. The molecule has 7 heteroatoms. The Bertz CT molecular complexity index is 774. The number of urea groups is 1. The summed E-state index contributed by atoms with van der Waals surface area (Å²) in [7, 11) is 4.03. The number of hydrogen-bond acceptors (Lipinski definition) is 4. The van der Waals surface area contributed by atoms with Gasteiger partial charge in [0, 0.05) is 46.0 Å². The molecule has 1 atom stereocenters. The molecule has 0 aromatic heterocycles. The van der Waals surface area contributed by atoms with Gasteiger partial charge in [-0.05, 0) is 35.4 Å². The molecule has 2 aromatic carbocycles. The second kappa shape index (κ2) is 10.2. The van der Waals surface area contributed by atoms with Gasteiger partial charge < -0.3 is 20.3 Å². The summed E-state index contributed by atoms with van der Waals surface area (Å²) in [6.07, 6.45) is 0. The third-order valence-corrected chi connectivity index (χ3v) is 5.10. The van der Waals surface area contributed by atoms with Crippen LogP contribution in [0.15, 0.2) is 48.5 Å². The minimum absolute atomic E-state index is 0.0756. The Kier molecular flexibility index (Phi) is 7.43. The number of rotatable bonds is 7. The Morgan fingerprint density at radius 3 is 2.34 bits per heavy atom. The summed E-state index contributed by atoms with van der Waals surface area (Å²) < 4.78 is 18.5. The van der Waals surface area contributed by atoms with Gasteiger partial charge in [-0.1, -0.05) is 24.3 Å². The molecule has 156 valence electrons. The number of nitrogens with zero attached hydrogens (tertiary/aromatic N) is 2. The predicted octanol–water partition coefficient (Wildman–Crippen LogP) is 2.76. The van der Waals surface area contributed by atoms with Crippen LogP contribution in [0, 0.1) is 5.82 Å². The quantitative estimate of drug-likeness (QED) is 0.751. The number of amides is 2. The van der Waals surface area contributed by atoms with E-state index in [0.29, 0.717) is 26.3 Å². The summed E-state index contributed by atoms with van der Waals surface area (Å²) in [5, 5.41) is 5.81. The van der Waals surface area contributed by atoms with Gasteiger partial charge in [-0.3, -0.25) is 4.90 Å². The zero-order chi connectivity index (χ0) is 20.6. The van der Waals surface area contributed by atoms with Gasteiger partial charge in [0.05, 0.1) is 19.3 Å². The van der Waals surface area contributed by atoms with E-state index in [9.17, 15) is 9.18 Å². The number of carbonyl (C=O) groups excluding carboxylic acids is 1. The number of nitrogens with one attached hydrogen (secondary N) is 2. The topological polar surface area (TPSA) is 56.8 Å². The van der Waals surface area contributed by atoms with Crippen LogP contribution in [0.2, 0.25) is 0 Å². The number of halogens is 1. The molecule has 2 aromatic rings. The summed E-state index contributed by atoms with van der Waals surface area (Å²) in [6, 6.07) is 14.4. The van der Waals surface area contributed by atoms with Crippen molar-refractivity contribution in [3.63, 3.8) is 0 Å². The fraction of sp³-hybridized carbons (Fsp3) is 0.409. The summed E-state index contributed by atoms with van der Waals surface area (Å²) in [6.45, 7) is 3.91. The van der Waals surface area contributed by atoms with Crippen molar-refractivity contribution in [2.24, 2.45) is 0 Å². The van der Waals surface area contributed by atoms with Gasteiger partial charge in [0.2, 0.25) is 0 Å². The van der Waals surface area contributed by atoms with Crippen molar-refractivity contribution in [1.29, 1.82) is 0 Å². The van der Waals surface area contributed by atoms with Gasteiger partial charge in [-0.15, -0.1) is 0 Å². The molecule has 2 amide bonds. The zero-order valence-corrected chi connectivity index (χ0v) is 17.0. The van der Waals surface area contributed by atoms with Gasteiger partial charge in [0.15, 0.2) is 0 Å². The third kappa shape index (κ3) is 6.17. The minimum Gasteiger partial charge on any atom is -0.379 e.